The van der Waals surface area contributed by atoms with E-state index in [-0.39, 0.29) is 17.7 Å². The number of thiazole rings is 1. The number of amides is 1. The van der Waals surface area contributed by atoms with E-state index < -0.39 is 0 Å². The van der Waals surface area contributed by atoms with Gasteiger partial charge in [0.15, 0.2) is 5.78 Å². The Morgan fingerprint density at radius 3 is 2.58 bits per heavy atom. The Kier molecular flexibility index (Phi) is 3.50. The Labute approximate surface area is 154 Å². The normalized spacial score (nSPS) is 16.1. The molecule has 2 aromatic carbocycles. The van der Waals surface area contributed by atoms with Crippen LogP contribution in [0.15, 0.2) is 54.0 Å². The molecule has 5 heteroatoms. The Morgan fingerprint density at radius 2 is 1.85 bits per heavy atom. The van der Waals surface area contributed by atoms with Crippen LogP contribution in [0.1, 0.15) is 50.2 Å². The number of carbonyl (C=O) groups excluding carboxylic acids is 2. The van der Waals surface area contributed by atoms with Gasteiger partial charge in [-0.25, -0.2) is 4.98 Å². The highest BCUT2D eigenvalue weighted by Gasteiger charge is 2.35. The number of carbonyl (C=O) groups is 2. The summed E-state index contributed by atoms with van der Waals surface area (Å²) < 4.78 is 0. The molecule has 1 aromatic heterocycles. The molecule has 1 heterocycles. The molecule has 1 saturated carbocycles. The summed E-state index contributed by atoms with van der Waals surface area (Å²) in [7, 11) is 0. The third-order valence-electron chi connectivity index (χ3n) is 5.09. The minimum absolute atomic E-state index is 0.0103. The number of fused-ring (bicyclic) bond motifs is 3. The van der Waals surface area contributed by atoms with Crippen LogP contribution in [0.3, 0.4) is 0 Å². The van der Waals surface area contributed by atoms with Crippen LogP contribution < -0.4 is 5.32 Å². The average Bonchev–Trinajstić information content (AvgIpc) is 3.29. The van der Waals surface area contributed by atoms with E-state index in [1.165, 1.54) is 0 Å². The first-order valence-corrected chi connectivity index (χ1v) is 9.59. The molecular weight excluding hydrogens is 344 g/mol. The van der Waals surface area contributed by atoms with Crippen molar-refractivity contribution in [3.63, 3.8) is 0 Å². The molecule has 128 valence electrons. The highest BCUT2D eigenvalue weighted by atomic mass is 32.1. The fraction of sp³-hybridized carbons (Fsp3) is 0.190. The van der Waals surface area contributed by atoms with Crippen LogP contribution in [0.4, 0.5) is 0 Å². The van der Waals surface area contributed by atoms with Crippen molar-refractivity contribution in [3.05, 3.63) is 75.7 Å². The molecular formula is C21H16N2O2S. The number of aromatic nitrogens is 1. The van der Waals surface area contributed by atoms with Gasteiger partial charge in [0, 0.05) is 28.3 Å². The highest BCUT2D eigenvalue weighted by molar-refractivity contribution is 7.09. The molecule has 5 rings (SSSR count). The van der Waals surface area contributed by atoms with Gasteiger partial charge in [-0.15, -0.1) is 11.3 Å². The molecule has 0 bridgehead atoms. The summed E-state index contributed by atoms with van der Waals surface area (Å²) in [5.74, 6) is 0.304. The van der Waals surface area contributed by atoms with Crippen LogP contribution in [0.25, 0.3) is 11.1 Å². The second kappa shape index (κ2) is 5.88. The summed E-state index contributed by atoms with van der Waals surface area (Å²) >= 11 is 1.57. The molecule has 2 aliphatic rings. The van der Waals surface area contributed by atoms with Gasteiger partial charge in [0.25, 0.3) is 5.91 Å². The van der Waals surface area contributed by atoms with Crippen molar-refractivity contribution in [1.29, 1.82) is 0 Å². The molecule has 0 unspecified atom stereocenters. The van der Waals surface area contributed by atoms with Gasteiger partial charge in [-0.2, -0.15) is 0 Å². The van der Waals surface area contributed by atoms with E-state index in [1.807, 2.05) is 35.7 Å². The Hall–Kier alpha value is -2.79. The van der Waals surface area contributed by atoms with Crippen LogP contribution in [0.2, 0.25) is 0 Å². The maximum Gasteiger partial charge on any atom is 0.251 e. The standard InChI is InChI=1S/C21H16N2O2S/c24-19-16-4-2-1-3-14(16)15-8-7-13(11-17(15)19)20(25)23-18(12-5-6-12)21-22-9-10-26-21/h1-4,7-12,18H,5-6H2,(H,23,25)/t18-/m0/s1. The number of hydrogen-bond donors (Lipinski definition) is 1. The van der Waals surface area contributed by atoms with Crippen molar-refractivity contribution >= 4 is 23.0 Å². The SMILES string of the molecule is O=C(N[C@H](c1nccs1)C1CC1)c1ccc2c(c1)C(=O)c1ccccc1-2. The molecule has 0 radical (unpaired) electrons. The average molecular weight is 360 g/mol. The van der Waals surface area contributed by atoms with Gasteiger partial charge in [-0.1, -0.05) is 30.3 Å². The van der Waals surface area contributed by atoms with E-state index >= 15 is 0 Å². The van der Waals surface area contributed by atoms with Crippen LogP contribution in [0, 0.1) is 5.92 Å². The van der Waals surface area contributed by atoms with E-state index in [1.54, 1.807) is 29.7 Å². The van der Waals surface area contributed by atoms with Crippen molar-refractivity contribution in [2.45, 2.75) is 18.9 Å². The zero-order valence-electron chi connectivity index (χ0n) is 13.9. The van der Waals surface area contributed by atoms with Gasteiger partial charge in [0.05, 0.1) is 6.04 Å². The second-order valence-corrected chi connectivity index (χ2v) is 7.72. The van der Waals surface area contributed by atoms with Gasteiger partial charge in [0.1, 0.15) is 5.01 Å². The number of rotatable bonds is 4. The predicted octanol–water partition coefficient (Wildman–Crippen LogP) is 4.24. The van der Waals surface area contributed by atoms with Crippen molar-refractivity contribution in [3.8, 4) is 11.1 Å². The maximum absolute atomic E-state index is 12.8. The molecule has 1 atom stereocenters. The Bertz CT molecular complexity index is 1020. The second-order valence-electron chi connectivity index (χ2n) is 6.79. The van der Waals surface area contributed by atoms with Gasteiger partial charge in [-0.3, -0.25) is 9.59 Å². The number of ketones is 1. The van der Waals surface area contributed by atoms with E-state index in [9.17, 15) is 9.59 Å². The van der Waals surface area contributed by atoms with Gasteiger partial charge in [0.2, 0.25) is 0 Å². The first-order valence-electron chi connectivity index (χ1n) is 8.71. The minimum atomic E-state index is -0.149. The van der Waals surface area contributed by atoms with Crippen LogP contribution >= 0.6 is 11.3 Å². The van der Waals surface area contributed by atoms with Crippen molar-refractivity contribution in [2.24, 2.45) is 5.92 Å². The molecule has 4 nitrogen and oxygen atoms in total. The van der Waals surface area contributed by atoms with Crippen molar-refractivity contribution in [1.82, 2.24) is 10.3 Å². The zero-order chi connectivity index (χ0) is 17.7. The Morgan fingerprint density at radius 1 is 1.08 bits per heavy atom. The smallest absolute Gasteiger partial charge is 0.251 e. The largest absolute Gasteiger partial charge is 0.343 e. The molecule has 1 amide bonds. The lowest BCUT2D eigenvalue weighted by Crippen LogP contribution is -2.29. The molecule has 0 spiro atoms. The maximum atomic E-state index is 12.8. The highest BCUT2D eigenvalue weighted by Crippen LogP contribution is 2.42. The summed E-state index contributed by atoms with van der Waals surface area (Å²) in [6.45, 7) is 0. The molecule has 26 heavy (non-hydrogen) atoms. The first-order chi connectivity index (χ1) is 12.7. The van der Waals surface area contributed by atoms with Gasteiger partial charge < -0.3 is 5.32 Å². The van der Waals surface area contributed by atoms with Crippen LogP contribution in [-0.2, 0) is 0 Å². The van der Waals surface area contributed by atoms with Gasteiger partial charge in [-0.05, 0) is 42.0 Å². The summed E-state index contributed by atoms with van der Waals surface area (Å²) in [5.41, 5.74) is 3.68. The van der Waals surface area contributed by atoms with E-state index in [4.69, 9.17) is 0 Å². The number of nitrogens with zero attached hydrogens (tertiary/aromatic N) is 1. The molecule has 0 saturated heterocycles. The predicted molar refractivity (Wildman–Crippen MR) is 100 cm³/mol. The zero-order valence-corrected chi connectivity index (χ0v) is 14.8. The summed E-state index contributed by atoms with van der Waals surface area (Å²) in [4.78, 5) is 29.8. The Balaban J connectivity index is 1.45. The lowest BCUT2D eigenvalue weighted by Gasteiger charge is -2.16. The number of benzene rings is 2. The molecule has 2 aliphatic carbocycles. The topological polar surface area (TPSA) is 59.1 Å². The minimum Gasteiger partial charge on any atom is -0.343 e. The summed E-state index contributed by atoms with van der Waals surface area (Å²) in [5, 5.41) is 6.00. The summed E-state index contributed by atoms with van der Waals surface area (Å²) in [6.07, 6.45) is 4.00. The van der Waals surface area contributed by atoms with Crippen molar-refractivity contribution < 1.29 is 9.59 Å². The monoisotopic (exact) mass is 360 g/mol. The number of nitrogens with one attached hydrogen (secondary N) is 1. The molecule has 1 fully saturated rings. The van der Waals surface area contributed by atoms with Crippen LogP contribution in [0.5, 0.6) is 0 Å². The van der Waals surface area contributed by atoms with E-state index in [2.05, 4.69) is 10.3 Å². The quantitative estimate of drug-likeness (QED) is 0.592. The first kappa shape index (κ1) is 15.5. The van der Waals surface area contributed by atoms with Gasteiger partial charge >= 0.3 is 0 Å². The van der Waals surface area contributed by atoms with E-state index in [0.29, 0.717) is 22.6 Å². The van der Waals surface area contributed by atoms with Crippen LogP contribution in [-0.4, -0.2) is 16.7 Å². The summed E-state index contributed by atoms with van der Waals surface area (Å²) in [6, 6.07) is 12.9. The lowest BCUT2D eigenvalue weighted by atomic mass is 10.0. The fourth-order valence-corrected chi connectivity index (χ4v) is 4.37. The third-order valence-corrected chi connectivity index (χ3v) is 5.94. The lowest BCUT2D eigenvalue weighted by molar-refractivity contribution is 0.0931. The fourth-order valence-electron chi connectivity index (χ4n) is 3.59. The number of hydrogen-bond acceptors (Lipinski definition) is 4. The third kappa shape index (κ3) is 2.47. The molecule has 0 aliphatic heterocycles. The van der Waals surface area contributed by atoms with E-state index in [0.717, 1.165) is 29.0 Å². The van der Waals surface area contributed by atoms with Crippen molar-refractivity contribution in [2.75, 3.05) is 0 Å². The molecule has 3 aromatic rings. The molecule has 1 N–H and O–H groups in total.